The van der Waals surface area contributed by atoms with Crippen molar-refractivity contribution < 1.29 is 22.4 Å². The zero-order valence-electron chi connectivity index (χ0n) is 20.4. The number of oxazole rings is 1. The Morgan fingerprint density at radius 3 is 2.39 bits per heavy atom. The molecule has 0 unspecified atom stereocenters. The third-order valence-electron chi connectivity index (χ3n) is 6.72. The summed E-state index contributed by atoms with van der Waals surface area (Å²) in [7, 11) is -3.26. The molecule has 1 saturated heterocycles. The predicted molar refractivity (Wildman–Crippen MR) is 140 cm³/mol. The molecule has 1 saturated carbocycles. The first-order valence-electron chi connectivity index (χ1n) is 12.3. The van der Waals surface area contributed by atoms with Gasteiger partial charge < -0.3 is 9.73 Å². The van der Waals surface area contributed by atoms with E-state index in [0.29, 0.717) is 50.2 Å². The number of sulfonamides is 1. The minimum atomic E-state index is -3.26. The van der Waals surface area contributed by atoms with Gasteiger partial charge in [-0.05, 0) is 49.9 Å². The Morgan fingerprint density at radius 1 is 1.08 bits per heavy atom. The van der Waals surface area contributed by atoms with E-state index in [1.54, 1.807) is 30.5 Å². The van der Waals surface area contributed by atoms with Crippen LogP contribution in [-0.4, -0.2) is 69.8 Å². The van der Waals surface area contributed by atoms with Gasteiger partial charge in [-0.25, -0.2) is 17.7 Å². The van der Waals surface area contributed by atoms with Crippen molar-refractivity contribution in [2.24, 2.45) is 0 Å². The summed E-state index contributed by atoms with van der Waals surface area (Å²) in [6.45, 7) is 0.681. The molecule has 1 aliphatic heterocycles. The number of alkyl halides is 1. The first-order valence-corrected chi connectivity index (χ1v) is 14.3. The molecule has 2 aliphatic rings. The van der Waals surface area contributed by atoms with Crippen LogP contribution < -0.4 is 10.2 Å². The van der Waals surface area contributed by atoms with E-state index in [0.717, 1.165) is 5.56 Å². The maximum atomic E-state index is 13.7. The van der Waals surface area contributed by atoms with Gasteiger partial charge in [-0.1, -0.05) is 0 Å². The van der Waals surface area contributed by atoms with Crippen molar-refractivity contribution >= 4 is 39.1 Å². The number of anilines is 1. The highest BCUT2D eigenvalue weighted by molar-refractivity contribution is 7.90. The van der Waals surface area contributed by atoms with Crippen LogP contribution in [0.15, 0.2) is 59.9 Å². The standard InChI is InChI=1S/C25H27ClN6O5S/c26-13-23(33)32(19-3-1-17(2-4-19)22-15-28-16-37-22)24(21-14-27-9-10-29-21)25(34)30-18-7-11-31(12-8-18)38(35,36)20-5-6-20/h1-4,9-10,14-16,18,20,24H,5-8,11-13H2,(H,30,34)/t24-/m0/s1. The van der Waals surface area contributed by atoms with Crippen molar-refractivity contribution in [3.8, 4) is 11.3 Å². The fraction of sp³-hybridized carbons (Fsp3) is 0.400. The maximum absolute atomic E-state index is 13.7. The molecule has 2 amide bonds. The highest BCUT2D eigenvalue weighted by Gasteiger charge is 2.42. The van der Waals surface area contributed by atoms with Gasteiger partial charge in [-0.2, -0.15) is 0 Å². The zero-order valence-corrected chi connectivity index (χ0v) is 22.0. The Balaban J connectivity index is 1.38. The van der Waals surface area contributed by atoms with Gasteiger partial charge in [-0.3, -0.25) is 24.5 Å². The Hall–Kier alpha value is -3.35. The average molecular weight is 559 g/mol. The van der Waals surface area contributed by atoms with Gasteiger partial charge in [0.05, 0.1) is 23.3 Å². The van der Waals surface area contributed by atoms with Crippen molar-refractivity contribution in [2.45, 2.75) is 43.0 Å². The van der Waals surface area contributed by atoms with Crippen molar-refractivity contribution in [3.63, 3.8) is 0 Å². The van der Waals surface area contributed by atoms with Crippen molar-refractivity contribution in [1.29, 1.82) is 0 Å². The first kappa shape index (κ1) is 26.3. The molecular formula is C25H27ClN6O5S. The number of nitrogens with one attached hydrogen (secondary N) is 1. The van der Waals surface area contributed by atoms with Crippen LogP contribution in [0, 0.1) is 0 Å². The van der Waals surface area contributed by atoms with E-state index in [4.69, 9.17) is 16.0 Å². The molecule has 13 heteroatoms. The number of nitrogens with zero attached hydrogens (tertiary/aromatic N) is 5. The molecule has 1 aliphatic carbocycles. The predicted octanol–water partition coefficient (Wildman–Crippen LogP) is 2.52. The Bertz CT molecular complexity index is 1360. The van der Waals surface area contributed by atoms with E-state index in [1.165, 1.54) is 34.2 Å². The Kier molecular flexibility index (Phi) is 7.73. The number of carbonyl (C=O) groups is 2. The van der Waals surface area contributed by atoms with Crippen LogP contribution in [0.1, 0.15) is 37.4 Å². The van der Waals surface area contributed by atoms with E-state index in [1.807, 2.05) is 0 Å². The van der Waals surface area contributed by atoms with E-state index in [9.17, 15) is 18.0 Å². The van der Waals surface area contributed by atoms with Gasteiger partial charge in [0.25, 0.3) is 0 Å². The third-order valence-corrected chi connectivity index (χ3v) is 9.35. The lowest BCUT2D eigenvalue weighted by Crippen LogP contribution is -2.51. The molecule has 3 heterocycles. The monoisotopic (exact) mass is 558 g/mol. The van der Waals surface area contributed by atoms with Crippen LogP contribution in [0.5, 0.6) is 0 Å². The Labute approximate surface area is 225 Å². The Morgan fingerprint density at radius 2 is 1.82 bits per heavy atom. The second-order valence-corrected chi connectivity index (χ2v) is 11.7. The second-order valence-electron chi connectivity index (χ2n) is 9.27. The molecule has 1 atom stereocenters. The van der Waals surface area contributed by atoms with E-state index < -0.39 is 27.9 Å². The normalized spacial score (nSPS) is 17.6. The van der Waals surface area contributed by atoms with Gasteiger partial charge in [0.15, 0.2) is 18.2 Å². The average Bonchev–Trinajstić information content (AvgIpc) is 3.67. The highest BCUT2D eigenvalue weighted by atomic mass is 35.5. The summed E-state index contributed by atoms with van der Waals surface area (Å²) in [5, 5.41) is 2.75. The highest BCUT2D eigenvalue weighted by Crippen LogP contribution is 2.33. The van der Waals surface area contributed by atoms with Crippen LogP contribution in [0.2, 0.25) is 0 Å². The number of hydrogen-bond acceptors (Lipinski definition) is 8. The van der Waals surface area contributed by atoms with E-state index in [2.05, 4.69) is 20.3 Å². The SMILES string of the molecule is O=C(NC1CCN(S(=O)(=O)C2CC2)CC1)[C@H](c1cnccn1)N(C(=O)CCl)c1ccc(-c2cnco2)cc1. The molecule has 200 valence electrons. The van der Waals surface area contributed by atoms with E-state index >= 15 is 0 Å². The fourth-order valence-corrected chi connectivity index (χ4v) is 6.60. The molecule has 0 radical (unpaired) electrons. The molecule has 0 spiro atoms. The van der Waals surface area contributed by atoms with Gasteiger partial charge in [0.2, 0.25) is 21.8 Å². The number of rotatable bonds is 9. The molecule has 3 aromatic rings. The maximum Gasteiger partial charge on any atom is 0.249 e. The molecule has 11 nitrogen and oxygen atoms in total. The number of carbonyl (C=O) groups excluding carboxylic acids is 2. The summed E-state index contributed by atoms with van der Waals surface area (Å²) in [4.78, 5) is 40.5. The molecule has 5 rings (SSSR count). The van der Waals surface area contributed by atoms with Gasteiger partial charge >= 0.3 is 0 Å². The number of piperidine rings is 1. The lowest BCUT2D eigenvalue weighted by atomic mass is 10.0. The number of hydrogen-bond donors (Lipinski definition) is 1. The number of amides is 2. The second kappa shape index (κ2) is 11.2. The smallest absolute Gasteiger partial charge is 0.249 e. The summed E-state index contributed by atoms with van der Waals surface area (Å²) >= 11 is 5.98. The van der Waals surface area contributed by atoms with Crippen LogP contribution >= 0.6 is 11.6 Å². The minimum Gasteiger partial charge on any atom is -0.444 e. The molecule has 38 heavy (non-hydrogen) atoms. The first-order chi connectivity index (χ1) is 18.4. The summed E-state index contributed by atoms with van der Waals surface area (Å²) < 4.78 is 32.0. The van der Waals surface area contributed by atoms with Crippen LogP contribution in [0.3, 0.4) is 0 Å². The van der Waals surface area contributed by atoms with Crippen LogP contribution in [-0.2, 0) is 19.6 Å². The topological polar surface area (TPSA) is 139 Å². The molecule has 0 bridgehead atoms. The van der Waals surface area contributed by atoms with Gasteiger partial charge in [-0.15, -0.1) is 11.6 Å². The largest absolute Gasteiger partial charge is 0.444 e. The summed E-state index contributed by atoms with van der Waals surface area (Å²) in [5.41, 5.74) is 1.46. The van der Waals surface area contributed by atoms with Crippen molar-refractivity contribution in [2.75, 3.05) is 23.9 Å². The summed E-state index contributed by atoms with van der Waals surface area (Å²) in [6, 6.07) is 5.51. The van der Waals surface area contributed by atoms with Crippen molar-refractivity contribution in [3.05, 3.63) is 61.1 Å². The quantitative estimate of drug-likeness (QED) is 0.395. The minimum absolute atomic E-state index is 0.255. The number of halogens is 1. The van der Waals surface area contributed by atoms with Gasteiger partial charge in [0, 0.05) is 42.8 Å². The molecular weight excluding hydrogens is 532 g/mol. The lowest BCUT2D eigenvalue weighted by Gasteiger charge is -2.34. The van der Waals surface area contributed by atoms with Crippen LogP contribution in [0.25, 0.3) is 11.3 Å². The lowest BCUT2D eigenvalue weighted by molar-refractivity contribution is -0.126. The summed E-state index contributed by atoms with van der Waals surface area (Å²) in [6.07, 6.45) is 9.64. The summed E-state index contributed by atoms with van der Waals surface area (Å²) in [5.74, 6) is -0.738. The number of benzene rings is 1. The molecule has 2 fully saturated rings. The number of aromatic nitrogens is 3. The molecule has 1 aromatic carbocycles. The van der Waals surface area contributed by atoms with Crippen LogP contribution in [0.4, 0.5) is 5.69 Å². The van der Waals surface area contributed by atoms with E-state index in [-0.39, 0.29) is 22.9 Å². The van der Waals surface area contributed by atoms with Gasteiger partial charge in [0.1, 0.15) is 5.88 Å². The molecule has 1 N–H and O–H groups in total. The third kappa shape index (κ3) is 5.57. The molecule has 2 aromatic heterocycles. The van der Waals surface area contributed by atoms with Crippen molar-refractivity contribution in [1.82, 2.24) is 24.6 Å². The fourth-order valence-electron chi connectivity index (χ4n) is 4.59. The zero-order chi connectivity index (χ0) is 26.7.